The normalized spacial score (nSPS) is 9.14. The molecule has 0 aliphatic heterocycles. The van der Waals surface area contributed by atoms with Crippen LogP contribution in [-0.2, 0) is 0 Å². The lowest BCUT2D eigenvalue weighted by Crippen LogP contribution is -2.27. The third-order valence-corrected chi connectivity index (χ3v) is 1.37. The van der Waals surface area contributed by atoms with E-state index in [1.165, 1.54) is 24.3 Å². The van der Waals surface area contributed by atoms with Gasteiger partial charge in [0.2, 0.25) is 0 Å². The Bertz CT molecular complexity index is 349. The molecule has 0 bridgehead atoms. The summed E-state index contributed by atoms with van der Waals surface area (Å²) in [5, 5.41) is 19.3. The highest BCUT2D eigenvalue weighted by Gasteiger charge is 2.03. The fourth-order valence-electron chi connectivity index (χ4n) is 0.777. The first-order valence-corrected chi connectivity index (χ1v) is 3.50. The lowest BCUT2D eigenvalue weighted by molar-refractivity contribution is -0.538. The lowest BCUT2D eigenvalue weighted by atomic mass is 10.3. The van der Waals surface area contributed by atoms with Crippen molar-refractivity contribution in [1.29, 1.82) is 0 Å². The molecule has 2 N–H and O–H groups in total. The second-order valence-electron chi connectivity index (χ2n) is 2.30. The van der Waals surface area contributed by atoms with E-state index >= 15 is 0 Å². The molecule has 0 spiro atoms. The van der Waals surface area contributed by atoms with E-state index < -0.39 is 9.96 Å². The van der Waals surface area contributed by atoms with Crippen molar-refractivity contribution in [1.82, 2.24) is 5.53 Å². The highest BCUT2D eigenvalue weighted by atomic mass is 16.7. The number of anilines is 1. The van der Waals surface area contributed by atoms with Crippen molar-refractivity contribution in [3.63, 3.8) is 0 Å². The van der Waals surface area contributed by atoms with Crippen LogP contribution in [0.5, 0.6) is 0 Å². The summed E-state index contributed by atoms with van der Waals surface area (Å²) in [6, 6.07) is 5.19. The van der Waals surface area contributed by atoms with Crippen molar-refractivity contribution in [2.75, 3.05) is 5.43 Å². The van der Waals surface area contributed by atoms with Gasteiger partial charge in [-0.25, -0.2) is 15.5 Å². The summed E-state index contributed by atoms with van der Waals surface area (Å²) < 4.78 is 0. The Morgan fingerprint density at radius 2 is 1.64 bits per heavy atom. The molecule has 0 aliphatic carbocycles. The van der Waals surface area contributed by atoms with Crippen molar-refractivity contribution in [3.8, 4) is 0 Å². The minimum atomic E-state index is -0.776. The average Bonchev–Trinajstić information content (AvgIpc) is 2.15. The Morgan fingerprint density at radius 1 is 1.07 bits per heavy atom. The molecular formula is C6H6N4O4. The molecule has 0 amide bonds. The largest absolute Gasteiger partial charge is 0.269 e. The van der Waals surface area contributed by atoms with Crippen molar-refractivity contribution in [3.05, 3.63) is 44.5 Å². The third kappa shape index (κ3) is 2.59. The van der Waals surface area contributed by atoms with Gasteiger partial charge < -0.3 is 0 Å². The minimum Gasteiger partial charge on any atom is -0.258 e. The molecule has 74 valence electrons. The number of hydrogen-bond acceptors (Lipinski definition) is 5. The van der Waals surface area contributed by atoms with E-state index in [1.54, 1.807) is 5.53 Å². The van der Waals surface area contributed by atoms with E-state index in [0.29, 0.717) is 5.69 Å². The summed E-state index contributed by atoms with van der Waals surface area (Å²) >= 11 is 0. The Labute approximate surface area is 77.8 Å². The first-order chi connectivity index (χ1) is 6.59. The van der Waals surface area contributed by atoms with Crippen LogP contribution < -0.4 is 11.0 Å². The third-order valence-electron chi connectivity index (χ3n) is 1.37. The zero-order valence-corrected chi connectivity index (χ0v) is 6.84. The van der Waals surface area contributed by atoms with Gasteiger partial charge in [-0.05, 0) is 17.7 Å². The number of nitrogens with one attached hydrogen (secondary N) is 2. The summed E-state index contributed by atoms with van der Waals surface area (Å²) in [6.07, 6.45) is 0. The molecule has 0 unspecified atom stereocenters. The molecule has 0 atom stereocenters. The van der Waals surface area contributed by atoms with Gasteiger partial charge in [-0.3, -0.25) is 10.1 Å². The Morgan fingerprint density at radius 3 is 2.07 bits per heavy atom. The second-order valence-corrected chi connectivity index (χ2v) is 2.30. The molecule has 0 heterocycles. The van der Waals surface area contributed by atoms with Gasteiger partial charge in [0.15, 0.2) is 5.03 Å². The maximum absolute atomic E-state index is 10.2. The summed E-state index contributed by atoms with van der Waals surface area (Å²) in [7, 11) is 0. The van der Waals surface area contributed by atoms with Crippen molar-refractivity contribution in [2.45, 2.75) is 0 Å². The van der Waals surface area contributed by atoms with Crippen LogP contribution >= 0.6 is 0 Å². The zero-order chi connectivity index (χ0) is 10.6. The predicted molar refractivity (Wildman–Crippen MR) is 46.8 cm³/mol. The highest BCUT2D eigenvalue weighted by molar-refractivity contribution is 5.47. The van der Waals surface area contributed by atoms with Crippen LogP contribution in [0.2, 0.25) is 0 Å². The van der Waals surface area contributed by atoms with E-state index in [1.807, 2.05) is 0 Å². The van der Waals surface area contributed by atoms with Gasteiger partial charge in [0.05, 0.1) is 10.6 Å². The van der Waals surface area contributed by atoms with Crippen LogP contribution in [0.1, 0.15) is 0 Å². The fourth-order valence-corrected chi connectivity index (χ4v) is 0.777. The number of hydrazine groups is 2. The number of nitro benzene ring substituents is 1. The first-order valence-electron chi connectivity index (χ1n) is 3.50. The number of nitrogens with zero attached hydrogens (tertiary/aromatic N) is 2. The number of non-ortho nitro benzene ring substituents is 1. The lowest BCUT2D eigenvalue weighted by Gasteiger charge is -2.00. The number of benzene rings is 1. The van der Waals surface area contributed by atoms with Gasteiger partial charge in [0, 0.05) is 12.1 Å². The molecule has 14 heavy (non-hydrogen) atoms. The summed E-state index contributed by atoms with van der Waals surface area (Å²) in [5.74, 6) is 0. The summed E-state index contributed by atoms with van der Waals surface area (Å²) in [5.41, 5.74) is 4.25. The molecule has 1 rings (SSSR count). The molecule has 0 fully saturated rings. The molecular weight excluding hydrogens is 192 g/mol. The van der Waals surface area contributed by atoms with E-state index in [2.05, 4.69) is 5.43 Å². The highest BCUT2D eigenvalue weighted by Crippen LogP contribution is 2.14. The maximum atomic E-state index is 10.2. The standard InChI is InChI=1S/C6H6N4O4/c11-9(12)6-3-1-5(2-4-6)7-8-10(13)14/h1-4,7-8H. The van der Waals surface area contributed by atoms with E-state index in [9.17, 15) is 20.2 Å². The summed E-state index contributed by atoms with van der Waals surface area (Å²) in [4.78, 5) is 19.6. The topological polar surface area (TPSA) is 110 Å². The molecule has 8 heteroatoms. The van der Waals surface area contributed by atoms with E-state index in [-0.39, 0.29) is 5.69 Å². The van der Waals surface area contributed by atoms with Crippen LogP contribution in [0, 0.1) is 20.2 Å². The van der Waals surface area contributed by atoms with Crippen LogP contribution in [0.4, 0.5) is 11.4 Å². The molecule has 1 aromatic rings. The van der Waals surface area contributed by atoms with Gasteiger partial charge >= 0.3 is 0 Å². The predicted octanol–water partition coefficient (Wildman–Crippen LogP) is 0.703. The molecule has 0 aromatic heterocycles. The van der Waals surface area contributed by atoms with Crippen molar-refractivity contribution >= 4 is 11.4 Å². The Balaban J connectivity index is 2.64. The zero-order valence-electron chi connectivity index (χ0n) is 6.84. The van der Waals surface area contributed by atoms with Crippen molar-refractivity contribution in [2.24, 2.45) is 0 Å². The molecule has 1 aromatic carbocycles. The quantitative estimate of drug-likeness (QED) is 0.544. The van der Waals surface area contributed by atoms with Crippen molar-refractivity contribution < 1.29 is 9.96 Å². The molecule has 0 saturated heterocycles. The first kappa shape index (κ1) is 9.71. The monoisotopic (exact) mass is 198 g/mol. The Hall–Kier alpha value is -2.38. The van der Waals surface area contributed by atoms with Gasteiger partial charge in [-0.2, -0.15) is 0 Å². The maximum Gasteiger partial charge on any atom is 0.269 e. The molecule has 8 nitrogen and oxygen atoms in total. The summed E-state index contributed by atoms with van der Waals surface area (Å²) in [6.45, 7) is 0. The van der Waals surface area contributed by atoms with Gasteiger partial charge in [0.25, 0.3) is 5.69 Å². The van der Waals surface area contributed by atoms with E-state index in [0.717, 1.165) is 0 Å². The number of rotatable bonds is 4. The number of hydrogen-bond donors (Lipinski definition) is 2. The fraction of sp³-hybridized carbons (Fsp3) is 0. The number of nitro groups is 2. The average molecular weight is 198 g/mol. The van der Waals surface area contributed by atoms with Gasteiger partial charge in [0.1, 0.15) is 0 Å². The second kappa shape index (κ2) is 4.03. The van der Waals surface area contributed by atoms with Gasteiger partial charge in [-0.1, -0.05) is 0 Å². The Kier molecular flexibility index (Phi) is 2.79. The van der Waals surface area contributed by atoms with E-state index in [4.69, 9.17) is 0 Å². The molecule has 0 saturated carbocycles. The molecule has 0 radical (unpaired) electrons. The van der Waals surface area contributed by atoms with Gasteiger partial charge in [-0.15, -0.1) is 0 Å². The van der Waals surface area contributed by atoms with Crippen LogP contribution in [0.15, 0.2) is 24.3 Å². The van der Waals surface area contributed by atoms with Crippen LogP contribution in [0.3, 0.4) is 0 Å². The van der Waals surface area contributed by atoms with Crippen LogP contribution in [0.25, 0.3) is 0 Å². The smallest absolute Gasteiger partial charge is 0.258 e. The SMILES string of the molecule is O=[N+]([O-])NNc1ccc([N+](=O)[O-])cc1. The van der Waals surface area contributed by atoms with Crippen LogP contribution in [-0.4, -0.2) is 9.96 Å². The minimum absolute atomic E-state index is 0.0725. The molecule has 0 aliphatic rings.